The molecule has 2 rings (SSSR count). The van der Waals surface area contributed by atoms with E-state index < -0.39 is 103 Å². The lowest BCUT2D eigenvalue weighted by atomic mass is 10.0. The van der Waals surface area contributed by atoms with Gasteiger partial charge in [0.2, 0.25) is 53.2 Å². The molecule has 1 fully saturated rings. The van der Waals surface area contributed by atoms with E-state index in [0.29, 0.717) is 0 Å². The fraction of sp³-hybridized carbons (Fsp3) is 0.483. The summed E-state index contributed by atoms with van der Waals surface area (Å²) in [5.74, 6) is -7.49. The molecule has 0 bridgehead atoms. The van der Waals surface area contributed by atoms with Gasteiger partial charge in [0, 0.05) is 26.3 Å². The number of carbonyl (C=O) groups excluding carboxylic acids is 9. The molecular weight excluding hydrogens is 637 g/mol. The molecule has 1 saturated heterocycles. The van der Waals surface area contributed by atoms with Gasteiger partial charge >= 0.3 is 0 Å². The topological polar surface area (TPSA) is 276 Å². The lowest BCUT2D eigenvalue weighted by molar-refractivity contribution is -0.132. The number of hydrogen-bond acceptors (Lipinski definition) is 9. The molecule has 1 aliphatic heterocycles. The smallest absolute Gasteiger partial charge is 0.243 e. The van der Waals surface area contributed by atoms with Gasteiger partial charge in [0.15, 0.2) is 0 Å². The summed E-state index contributed by atoms with van der Waals surface area (Å²) in [6, 6.07) is 1.60. The molecule has 262 valence electrons. The molecule has 0 aliphatic carbocycles. The summed E-state index contributed by atoms with van der Waals surface area (Å²) in [7, 11) is 0. The summed E-state index contributed by atoms with van der Waals surface area (Å²) in [6.07, 6.45) is -0.568. The van der Waals surface area contributed by atoms with E-state index in [0.717, 1.165) is 6.07 Å². The van der Waals surface area contributed by atoms with Crippen molar-refractivity contribution < 1.29 is 47.5 Å². The van der Waals surface area contributed by atoms with Crippen molar-refractivity contribution in [2.45, 2.75) is 57.2 Å². The van der Waals surface area contributed by atoms with Crippen LogP contribution in [-0.4, -0.2) is 104 Å². The first-order chi connectivity index (χ1) is 22.7. The highest BCUT2D eigenvalue weighted by Crippen LogP contribution is 2.10. The van der Waals surface area contributed by atoms with Gasteiger partial charge in [-0.05, 0) is 30.9 Å². The molecule has 1 aromatic carbocycles. The lowest BCUT2D eigenvalue weighted by Crippen LogP contribution is -2.54. The molecule has 1 heterocycles. The summed E-state index contributed by atoms with van der Waals surface area (Å²) >= 11 is 0. The first-order valence-corrected chi connectivity index (χ1v) is 15.0. The second kappa shape index (κ2) is 19.8. The number of hydrogen-bond donors (Lipinski definition) is 9. The van der Waals surface area contributed by atoms with Gasteiger partial charge in [-0.2, -0.15) is 0 Å². The second-order valence-corrected chi connectivity index (χ2v) is 10.7. The predicted molar refractivity (Wildman–Crippen MR) is 164 cm³/mol. The van der Waals surface area contributed by atoms with E-state index in [9.17, 15) is 47.5 Å². The molecule has 10 N–H and O–H groups in total. The minimum Gasteiger partial charge on any atom is -0.368 e. The third-order valence-corrected chi connectivity index (χ3v) is 6.81. The molecule has 3 atom stereocenters. The molecule has 0 spiro atoms. The maximum atomic E-state index is 14.4. The van der Waals surface area contributed by atoms with Crippen molar-refractivity contribution in [2.24, 2.45) is 5.73 Å². The minimum atomic E-state index is -1.42. The van der Waals surface area contributed by atoms with Crippen molar-refractivity contribution in [3.63, 3.8) is 0 Å². The molecule has 0 aromatic heterocycles. The fourth-order valence-electron chi connectivity index (χ4n) is 4.31. The highest BCUT2D eigenvalue weighted by Gasteiger charge is 2.26. The van der Waals surface area contributed by atoms with Crippen LogP contribution in [0.2, 0.25) is 0 Å². The van der Waals surface area contributed by atoms with Crippen LogP contribution in [0.25, 0.3) is 0 Å². The average Bonchev–Trinajstić information content (AvgIpc) is 3.03. The van der Waals surface area contributed by atoms with E-state index in [1.165, 1.54) is 25.1 Å². The van der Waals surface area contributed by atoms with Gasteiger partial charge in [0.05, 0.1) is 26.2 Å². The van der Waals surface area contributed by atoms with E-state index in [-0.39, 0.29) is 44.2 Å². The van der Waals surface area contributed by atoms with Gasteiger partial charge in [-0.1, -0.05) is 18.2 Å². The Kier molecular flexibility index (Phi) is 15.9. The van der Waals surface area contributed by atoms with Crippen molar-refractivity contribution in [2.75, 3.05) is 32.7 Å². The number of carbonyl (C=O) groups is 9. The van der Waals surface area contributed by atoms with Crippen LogP contribution in [0.4, 0.5) is 4.39 Å². The average molecular weight is 678 g/mol. The van der Waals surface area contributed by atoms with E-state index in [2.05, 4.69) is 42.5 Å². The Balaban J connectivity index is 2.25. The molecule has 0 saturated carbocycles. The summed E-state index contributed by atoms with van der Waals surface area (Å²) in [4.78, 5) is 111. The Bertz CT molecular complexity index is 1390. The van der Waals surface area contributed by atoms with Gasteiger partial charge < -0.3 is 48.3 Å². The quantitative estimate of drug-likeness (QED) is 0.140. The molecule has 9 amide bonds. The summed E-state index contributed by atoms with van der Waals surface area (Å²) in [6.45, 7) is -1.11. The van der Waals surface area contributed by atoms with E-state index in [1.807, 2.05) is 0 Å². The summed E-state index contributed by atoms with van der Waals surface area (Å²) in [5, 5.41) is 18.8. The molecule has 19 heteroatoms. The SMILES string of the molecule is CC(=O)NCC(=O)NC1CCC(=O)NCCCC(C(N)=O)NC(=O)CNC(=O)CNC(=O)C(Cc2ccccc2F)NC(=O)CNC1=O. The van der Waals surface area contributed by atoms with Crippen LogP contribution in [0.15, 0.2) is 24.3 Å². The first kappa shape index (κ1) is 38.6. The summed E-state index contributed by atoms with van der Waals surface area (Å²) in [5.41, 5.74) is 5.42. The number of primary amides is 1. The standard InChI is InChI=1S/C29H40FN9O9/c1-16(40)33-13-24(43)38-20-8-9-22(41)32-10-4-7-19(27(31)46)37-25(44)14-34-23(42)12-35-29(48)21(39-26(45)15-36-28(20)47)11-17-5-2-3-6-18(17)30/h2-3,5-6,19-21H,4,7-15H2,1H3,(H2,31,46)(H,32,41)(H,33,40)(H,34,42)(H,35,48)(H,36,47)(H,37,44)(H,38,43)(H,39,45). The summed E-state index contributed by atoms with van der Waals surface area (Å²) < 4.78 is 14.4. The minimum absolute atomic E-state index is 0.0417. The second-order valence-electron chi connectivity index (χ2n) is 10.7. The molecule has 0 radical (unpaired) electrons. The van der Waals surface area contributed by atoms with Crippen LogP contribution in [0.1, 0.15) is 38.2 Å². The Morgan fingerprint density at radius 1 is 0.833 bits per heavy atom. The third-order valence-electron chi connectivity index (χ3n) is 6.81. The third kappa shape index (κ3) is 14.6. The normalized spacial score (nSPS) is 21.2. The van der Waals surface area contributed by atoms with Gasteiger partial charge in [0.25, 0.3) is 0 Å². The Hall–Kier alpha value is -5.62. The number of halogens is 1. The van der Waals surface area contributed by atoms with Gasteiger partial charge in [0.1, 0.15) is 23.9 Å². The molecule has 18 nitrogen and oxygen atoms in total. The molecule has 1 aliphatic rings. The lowest BCUT2D eigenvalue weighted by Gasteiger charge is -2.21. The largest absolute Gasteiger partial charge is 0.368 e. The number of amides is 9. The highest BCUT2D eigenvalue weighted by molar-refractivity contribution is 5.95. The Labute approximate surface area is 274 Å². The first-order valence-electron chi connectivity index (χ1n) is 15.0. The maximum Gasteiger partial charge on any atom is 0.243 e. The van der Waals surface area contributed by atoms with Crippen molar-refractivity contribution >= 4 is 53.2 Å². The Morgan fingerprint density at radius 3 is 2.17 bits per heavy atom. The van der Waals surface area contributed by atoms with E-state index in [4.69, 9.17) is 5.73 Å². The van der Waals surface area contributed by atoms with Gasteiger partial charge in [-0.15, -0.1) is 0 Å². The van der Waals surface area contributed by atoms with Crippen molar-refractivity contribution in [3.05, 3.63) is 35.6 Å². The fourth-order valence-corrected chi connectivity index (χ4v) is 4.31. The maximum absolute atomic E-state index is 14.4. The predicted octanol–water partition coefficient (Wildman–Crippen LogP) is -4.52. The van der Waals surface area contributed by atoms with E-state index >= 15 is 0 Å². The van der Waals surface area contributed by atoms with E-state index in [1.54, 1.807) is 0 Å². The zero-order valence-corrected chi connectivity index (χ0v) is 26.2. The van der Waals surface area contributed by atoms with Gasteiger partial charge in [-0.25, -0.2) is 4.39 Å². The van der Waals surface area contributed by atoms with Crippen LogP contribution < -0.4 is 48.3 Å². The molecule has 1 aromatic rings. The van der Waals surface area contributed by atoms with Crippen molar-refractivity contribution in [3.8, 4) is 0 Å². The molecular formula is C29H40FN9O9. The monoisotopic (exact) mass is 677 g/mol. The number of benzene rings is 1. The molecule has 3 unspecified atom stereocenters. The van der Waals surface area contributed by atoms with Crippen LogP contribution in [0.5, 0.6) is 0 Å². The van der Waals surface area contributed by atoms with Crippen molar-refractivity contribution in [1.29, 1.82) is 0 Å². The molecule has 48 heavy (non-hydrogen) atoms. The zero-order chi connectivity index (χ0) is 35.6. The number of nitrogens with one attached hydrogen (secondary N) is 8. The van der Waals surface area contributed by atoms with Crippen LogP contribution >= 0.6 is 0 Å². The Morgan fingerprint density at radius 2 is 1.48 bits per heavy atom. The zero-order valence-electron chi connectivity index (χ0n) is 26.2. The van der Waals surface area contributed by atoms with Gasteiger partial charge in [-0.3, -0.25) is 43.2 Å². The van der Waals surface area contributed by atoms with Crippen molar-refractivity contribution in [1.82, 2.24) is 42.5 Å². The highest BCUT2D eigenvalue weighted by atomic mass is 19.1. The van der Waals surface area contributed by atoms with Crippen LogP contribution in [0.3, 0.4) is 0 Å². The van der Waals surface area contributed by atoms with Crippen LogP contribution in [0, 0.1) is 5.82 Å². The number of nitrogens with two attached hydrogens (primary N) is 1. The van der Waals surface area contributed by atoms with Crippen LogP contribution in [-0.2, 0) is 49.6 Å². The number of rotatable bonds is 6.